The first kappa shape index (κ1) is 15.5. The molecule has 102 valence electrons. The van der Waals surface area contributed by atoms with Crippen LogP contribution in [0.5, 0.6) is 0 Å². The molecule has 0 saturated heterocycles. The minimum absolute atomic E-state index is 0.219. The number of hydrogen-bond donors (Lipinski definition) is 1. The van der Waals surface area contributed by atoms with Crippen molar-refractivity contribution in [2.24, 2.45) is 11.8 Å². The van der Waals surface area contributed by atoms with Gasteiger partial charge < -0.3 is 5.32 Å². The topological polar surface area (TPSA) is 12.0 Å². The normalized spacial score (nSPS) is 14.5. The molecule has 1 rings (SSSR count). The Bertz CT molecular complexity index is 368. The number of rotatable bonds is 7. The van der Waals surface area contributed by atoms with E-state index in [4.69, 9.17) is 11.6 Å². The molecule has 18 heavy (non-hydrogen) atoms. The summed E-state index contributed by atoms with van der Waals surface area (Å²) in [7, 11) is 0. The van der Waals surface area contributed by atoms with Gasteiger partial charge in [-0.15, -0.1) is 0 Å². The van der Waals surface area contributed by atoms with Gasteiger partial charge in [0.2, 0.25) is 0 Å². The summed E-state index contributed by atoms with van der Waals surface area (Å²) < 4.78 is 13.1. The Morgan fingerprint density at radius 2 is 2.00 bits per heavy atom. The van der Waals surface area contributed by atoms with Gasteiger partial charge in [0.05, 0.1) is 5.02 Å². The molecule has 0 radical (unpaired) electrons. The van der Waals surface area contributed by atoms with Gasteiger partial charge in [-0.1, -0.05) is 38.4 Å². The Morgan fingerprint density at radius 3 is 2.61 bits per heavy atom. The molecule has 0 saturated carbocycles. The van der Waals surface area contributed by atoms with Crippen molar-refractivity contribution < 1.29 is 4.39 Å². The van der Waals surface area contributed by atoms with Crippen molar-refractivity contribution in [1.29, 1.82) is 0 Å². The average Bonchev–Trinajstić information content (AvgIpc) is 2.34. The highest BCUT2D eigenvalue weighted by atomic mass is 35.5. The van der Waals surface area contributed by atoms with Crippen LogP contribution in [0.1, 0.15) is 32.8 Å². The molecule has 3 heteroatoms. The van der Waals surface area contributed by atoms with Crippen molar-refractivity contribution in [3.05, 3.63) is 34.6 Å². The highest BCUT2D eigenvalue weighted by Crippen LogP contribution is 2.21. The maximum absolute atomic E-state index is 13.1. The third kappa shape index (κ3) is 4.95. The smallest absolute Gasteiger partial charge is 0.141 e. The summed E-state index contributed by atoms with van der Waals surface area (Å²) in [5, 5.41) is 3.65. The Labute approximate surface area is 115 Å². The molecule has 2 unspecified atom stereocenters. The van der Waals surface area contributed by atoms with E-state index in [0.717, 1.165) is 31.5 Å². The van der Waals surface area contributed by atoms with E-state index < -0.39 is 0 Å². The van der Waals surface area contributed by atoms with Crippen LogP contribution in [-0.4, -0.2) is 13.1 Å². The molecule has 0 bridgehead atoms. The van der Waals surface area contributed by atoms with Crippen LogP contribution in [-0.2, 0) is 6.42 Å². The molecule has 0 aromatic heterocycles. The summed E-state index contributed by atoms with van der Waals surface area (Å²) in [5.41, 5.74) is 1.11. The zero-order valence-corrected chi connectivity index (χ0v) is 12.2. The molecule has 0 aliphatic heterocycles. The zero-order valence-electron chi connectivity index (χ0n) is 11.5. The predicted molar refractivity (Wildman–Crippen MR) is 76.6 cm³/mol. The summed E-state index contributed by atoms with van der Waals surface area (Å²) >= 11 is 5.79. The van der Waals surface area contributed by atoms with Gasteiger partial charge in [0.15, 0.2) is 0 Å². The third-order valence-electron chi connectivity index (χ3n) is 3.41. The Morgan fingerprint density at radius 1 is 1.28 bits per heavy atom. The number of hydrogen-bond acceptors (Lipinski definition) is 1. The highest BCUT2D eigenvalue weighted by Gasteiger charge is 2.13. The van der Waals surface area contributed by atoms with Gasteiger partial charge in [0.25, 0.3) is 0 Å². The molecule has 0 heterocycles. The SMILES string of the molecule is CCCNCC(C)C(C)Cc1ccc(F)c(Cl)c1. The zero-order chi connectivity index (χ0) is 13.5. The summed E-state index contributed by atoms with van der Waals surface area (Å²) in [6.45, 7) is 8.75. The van der Waals surface area contributed by atoms with Crippen molar-refractivity contribution >= 4 is 11.6 Å². The van der Waals surface area contributed by atoms with Crippen LogP contribution < -0.4 is 5.32 Å². The average molecular weight is 272 g/mol. The van der Waals surface area contributed by atoms with Crippen molar-refractivity contribution in [3.63, 3.8) is 0 Å². The van der Waals surface area contributed by atoms with E-state index >= 15 is 0 Å². The van der Waals surface area contributed by atoms with E-state index in [2.05, 4.69) is 26.1 Å². The van der Waals surface area contributed by atoms with Crippen LogP contribution in [0, 0.1) is 17.7 Å². The third-order valence-corrected chi connectivity index (χ3v) is 3.70. The van der Waals surface area contributed by atoms with Crippen LogP contribution in [0.2, 0.25) is 5.02 Å². The second kappa shape index (κ2) is 7.75. The minimum Gasteiger partial charge on any atom is -0.316 e. The molecule has 0 aliphatic carbocycles. The van der Waals surface area contributed by atoms with Gasteiger partial charge in [0, 0.05) is 0 Å². The molecular weight excluding hydrogens is 249 g/mol. The van der Waals surface area contributed by atoms with Crippen LogP contribution in [0.4, 0.5) is 4.39 Å². The lowest BCUT2D eigenvalue weighted by Crippen LogP contribution is -2.26. The van der Waals surface area contributed by atoms with Gasteiger partial charge in [-0.2, -0.15) is 0 Å². The molecule has 1 aromatic carbocycles. The van der Waals surface area contributed by atoms with E-state index in [0.29, 0.717) is 11.8 Å². The fourth-order valence-corrected chi connectivity index (χ4v) is 2.15. The lowest BCUT2D eigenvalue weighted by molar-refractivity contribution is 0.365. The Balaban J connectivity index is 2.47. The second-order valence-electron chi connectivity index (χ2n) is 5.11. The van der Waals surface area contributed by atoms with Gasteiger partial charge >= 0.3 is 0 Å². The van der Waals surface area contributed by atoms with Crippen molar-refractivity contribution in [3.8, 4) is 0 Å². The fraction of sp³-hybridized carbons (Fsp3) is 0.600. The lowest BCUT2D eigenvalue weighted by Gasteiger charge is -2.20. The van der Waals surface area contributed by atoms with Crippen LogP contribution >= 0.6 is 11.6 Å². The minimum atomic E-state index is -0.342. The number of halogens is 2. The second-order valence-corrected chi connectivity index (χ2v) is 5.52. The fourth-order valence-electron chi connectivity index (χ4n) is 1.95. The molecule has 0 spiro atoms. The van der Waals surface area contributed by atoms with Gasteiger partial charge in [-0.3, -0.25) is 0 Å². The van der Waals surface area contributed by atoms with E-state index in [1.807, 2.05) is 6.07 Å². The summed E-state index contributed by atoms with van der Waals surface area (Å²) in [5.74, 6) is 0.807. The largest absolute Gasteiger partial charge is 0.316 e. The van der Waals surface area contributed by atoms with E-state index in [9.17, 15) is 4.39 Å². The molecule has 0 fully saturated rings. The first-order chi connectivity index (χ1) is 8.54. The van der Waals surface area contributed by atoms with E-state index in [-0.39, 0.29) is 10.8 Å². The molecule has 1 nitrogen and oxygen atoms in total. The molecular formula is C15H23ClFN. The van der Waals surface area contributed by atoms with Gasteiger partial charge in [-0.25, -0.2) is 4.39 Å². The molecule has 0 amide bonds. The molecule has 2 atom stereocenters. The van der Waals surface area contributed by atoms with Crippen LogP contribution in [0.15, 0.2) is 18.2 Å². The summed E-state index contributed by atoms with van der Waals surface area (Å²) in [6.07, 6.45) is 2.10. The monoisotopic (exact) mass is 271 g/mol. The summed E-state index contributed by atoms with van der Waals surface area (Å²) in [4.78, 5) is 0. The number of nitrogens with one attached hydrogen (secondary N) is 1. The van der Waals surface area contributed by atoms with Gasteiger partial charge in [-0.05, 0) is 55.5 Å². The number of benzene rings is 1. The van der Waals surface area contributed by atoms with Crippen molar-refractivity contribution in [1.82, 2.24) is 5.32 Å². The van der Waals surface area contributed by atoms with Crippen molar-refractivity contribution in [2.45, 2.75) is 33.6 Å². The highest BCUT2D eigenvalue weighted by molar-refractivity contribution is 6.30. The Kier molecular flexibility index (Phi) is 6.66. The van der Waals surface area contributed by atoms with Crippen LogP contribution in [0.25, 0.3) is 0 Å². The van der Waals surface area contributed by atoms with E-state index in [1.165, 1.54) is 6.07 Å². The van der Waals surface area contributed by atoms with Crippen LogP contribution in [0.3, 0.4) is 0 Å². The maximum atomic E-state index is 13.1. The molecule has 0 aliphatic rings. The standard InChI is InChI=1S/C15H23ClFN/c1-4-7-18-10-12(3)11(2)8-13-5-6-15(17)14(16)9-13/h5-6,9,11-12,18H,4,7-8,10H2,1-3H3. The van der Waals surface area contributed by atoms with Crippen molar-refractivity contribution in [2.75, 3.05) is 13.1 Å². The van der Waals surface area contributed by atoms with E-state index in [1.54, 1.807) is 6.07 Å². The maximum Gasteiger partial charge on any atom is 0.141 e. The predicted octanol–water partition coefficient (Wildman–Crippen LogP) is 4.29. The lowest BCUT2D eigenvalue weighted by atomic mass is 9.89. The summed E-state index contributed by atoms with van der Waals surface area (Å²) in [6, 6.07) is 5.01. The molecule has 1 N–H and O–H groups in total. The Hall–Kier alpha value is -0.600. The molecule has 1 aromatic rings. The van der Waals surface area contributed by atoms with Gasteiger partial charge in [0.1, 0.15) is 5.82 Å². The quantitative estimate of drug-likeness (QED) is 0.730. The first-order valence-electron chi connectivity index (χ1n) is 6.69. The first-order valence-corrected chi connectivity index (χ1v) is 7.07.